The van der Waals surface area contributed by atoms with Gasteiger partial charge in [-0.15, -0.1) is 0 Å². The average Bonchev–Trinajstić information content (AvgIpc) is 1.61. The van der Waals surface area contributed by atoms with Crippen LogP contribution < -0.4 is 0 Å². The smallest absolute Gasteiger partial charge is 0.136 e. The lowest BCUT2D eigenvalue weighted by Crippen LogP contribution is -1.76. The minimum absolute atomic E-state index is 0.957. The van der Waals surface area contributed by atoms with E-state index in [0.717, 1.165) is 55.8 Å². The predicted molar refractivity (Wildman–Crippen MR) is 563 cm³/mol. The number of fused-ring (bicyclic) bond motifs is 31. The third-order valence-electron chi connectivity index (χ3n) is 23.0. The maximum absolute atomic E-state index is 6.07. The highest BCUT2D eigenvalue weighted by Gasteiger charge is 2.18. The van der Waals surface area contributed by atoms with Crippen LogP contribution in [0.15, 0.2) is 447 Å². The zero-order chi connectivity index (χ0) is 89.3. The van der Waals surface area contributed by atoms with Gasteiger partial charge in [-0.1, -0.05) is 420 Å². The molecule has 0 bridgehead atoms. The fourth-order valence-electron chi connectivity index (χ4n) is 17.3. The van der Waals surface area contributed by atoms with E-state index in [1.807, 2.05) is 106 Å². The lowest BCUT2D eigenvalue weighted by atomic mass is 10.00. The van der Waals surface area contributed by atoms with E-state index in [-0.39, 0.29) is 0 Å². The van der Waals surface area contributed by atoms with E-state index in [0.29, 0.717) is 0 Å². The summed E-state index contributed by atoms with van der Waals surface area (Å²) >= 11 is 0. The molecule has 0 amide bonds. The fraction of sp³-hybridized carbons (Fsp3) is 0.0968. The summed E-state index contributed by atoms with van der Waals surface area (Å²) in [5.74, 6) is 0. The van der Waals surface area contributed by atoms with Crippen LogP contribution in [0.1, 0.15) is 80.4 Å². The molecule has 27 aromatic rings. The molecule has 0 radical (unpaired) electrons. The van der Waals surface area contributed by atoms with E-state index < -0.39 is 0 Å². The van der Waals surface area contributed by atoms with Gasteiger partial charge in [-0.05, 0) is 207 Å². The van der Waals surface area contributed by atoms with E-state index in [2.05, 4.69) is 402 Å². The molecule has 0 aliphatic heterocycles. The van der Waals surface area contributed by atoms with Gasteiger partial charge in [0.25, 0.3) is 0 Å². The van der Waals surface area contributed by atoms with Gasteiger partial charge in [-0.3, -0.25) is 0 Å². The molecule has 0 spiro atoms. The molecule has 632 valence electrons. The largest absolute Gasteiger partial charge is 0.456 e. The van der Waals surface area contributed by atoms with E-state index in [1.54, 1.807) is 0 Å². The number of benzene rings is 22. The molecule has 5 heterocycles. The molecule has 27 rings (SSSR count). The highest BCUT2D eigenvalue weighted by molar-refractivity contribution is 6.29. The van der Waals surface area contributed by atoms with Crippen LogP contribution in [-0.4, -0.2) is 0 Å². The highest BCUT2D eigenvalue weighted by Crippen LogP contribution is 2.44. The maximum Gasteiger partial charge on any atom is 0.136 e. The predicted octanol–water partition coefficient (Wildman–Crippen LogP) is 38.6. The first-order valence-corrected chi connectivity index (χ1v) is 45.5. The molecule has 0 unspecified atom stereocenters. The molecule has 0 N–H and O–H groups in total. The van der Waals surface area contributed by atoms with Crippen molar-refractivity contribution >= 4 is 217 Å². The molecule has 22 aromatic carbocycles. The SMILES string of the molecule is CC.CC.CC.CC.CC.Cc1ccccc1.Cc1ccccc1.c1ccc2c(c1)ccc1oc3ccc4ccccc4c3c12.c1ccc2c(c1)ccc1oc3ccc4ccccc4c3c12.c1ccc2cc3c(cc2c1)oc1cc2ccccc2cc13.c1ccc2cc3c(cc2c1)oc1ccc2ccccc2c13.c1ccc2cc3c(cc2c1)oc1ccc2ccccc2c13. The van der Waals surface area contributed by atoms with Crippen molar-refractivity contribution in [1.29, 1.82) is 0 Å². The van der Waals surface area contributed by atoms with Gasteiger partial charge in [0.15, 0.2) is 0 Å². The molecule has 5 heteroatoms. The molecule has 0 saturated heterocycles. The normalized spacial score (nSPS) is 10.8. The van der Waals surface area contributed by atoms with Gasteiger partial charge in [0, 0.05) is 53.9 Å². The molecular formula is C124H106O5. The fourth-order valence-corrected chi connectivity index (χ4v) is 17.3. The zero-order valence-electron chi connectivity index (χ0n) is 75.5. The van der Waals surface area contributed by atoms with Gasteiger partial charge < -0.3 is 22.1 Å². The van der Waals surface area contributed by atoms with Crippen molar-refractivity contribution in [2.24, 2.45) is 0 Å². The topological polar surface area (TPSA) is 65.7 Å². The molecule has 0 atom stereocenters. The summed E-state index contributed by atoms with van der Waals surface area (Å²) in [5.41, 5.74) is 12.2. The Hall–Kier alpha value is -15.6. The number of rotatable bonds is 0. The van der Waals surface area contributed by atoms with E-state index in [9.17, 15) is 0 Å². The van der Waals surface area contributed by atoms with Gasteiger partial charge in [0.1, 0.15) is 55.8 Å². The highest BCUT2D eigenvalue weighted by atomic mass is 16.3. The van der Waals surface area contributed by atoms with E-state index >= 15 is 0 Å². The third kappa shape index (κ3) is 17.9. The van der Waals surface area contributed by atoms with Gasteiger partial charge in [0.2, 0.25) is 0 Å². The van der Waals surface area contributed by atoms with Gasteiger partial charge in [-0.25, -0.2) is 0 Å². The summed E-state index contributed by atoms with van der Waals surface area (Å²) < 4.78 is 30.3. The quantitative estimate of drug-likeness (QED) is 0.151. The lowest BCUT2D eigenvalue weighted by molar-refractivity contribution is 0.669. The van der Waals surface area contributed by atoms with Crippen LogP contribution >= 0.6 is 0 Å². The number of aryl methyl sites for hydroxylation is 2. The zero-order valence-corrected chi connectivity index (χ0v) is 75.5. The summed E-state index contributed by atoms with van der Waals surface area (Å²) in [5, 5.41) is 37.0. The Balaban J connectivity index is 0.000000111. The summed E-state index contributed by atoms with van der Waals surface area (Å²) in [6, 6.07) is 148. The Labute approximate surface area is 753 Å². The standard InChI is InChI=1S/5C20H12O.2C7H8.5C2H6/c1-3-7-15-11-19-17(9-13(15)5-1)18-10-14-6-2-4-8-16(14)12-20(18)21-19;2*1-3-7-15-13(5-1)9-11-17-19(15)20-16-8-4-2-6-14(16)10-12-18(20)21-17;2*1-2-7-15-12-19-17(11-14(15)6-1)20-16-8-4-3-5-13(16)9-10-18(20)21-19;2*1-7-5-3-2-4-6-7;5*1-2/h5*1-12H;2*2-6H,1H3;5*1-2H3. The van der Waals surface area contributed by atoms with Crippen LogP contribution in [0.5, 0.6) is 0 Å². The third-order valence-corrected chi connectivity index (χ3v) is 23.0. The van der Waals surface area contributed by atoms with Gasteiger partial charge >= 0.3 is 0 Å². The number of hydrogen-bond acceptors (Lipinski definition) is 5. The van der Waals surface area contributed by atoms with E-state index in [1.165, 1.54) is 173 Å². The van der Waals surface area contributed by atoms with Crippen molar-refractivity contribution in [3.63, 3.8) is 0 Å². The Morgan fingerprint density at radius 2 is 0.271 bits per heavy atom. The number of hydrogen-bond donors (Lipinski definition) is 0. The Morgan fingerprint density at radius 1 is 0.116 bits per heavy atom. The summed E-state index contributed by atoms with van der Waals surface area (Å²) in [7, 11) is 0. The first kappa shape index (κ1) is 86.9. The Kier molecular flexibility index (Phi) is 27.4. The molecule has 0 saturated carbocycles. The average molecular weight is 1680 g/mol. The molecule has 0 aliphatic carbocycles. The van der Waals surface area contributed by atoms with Crippen LogP contribution in [0.25, 0.3) is 217 Å². The molecular weight excluding hydrogens is 1570 g/mol. The molecule has 0 fully saturated rings. The second-order valence-electron chi connectivity index (χ2n) is 30.6. The molecule has 0 aliphatic rings. The summed E-state index contributed by atoms with van der Waals surface area (Å²) in [4.78, 5) is 0. The van der Waals surface area contributed by atoms with Crippen molar-refractivity contribution in [2.45, 2.75) is 83.1 Å². The maximum atomic E-state index is 6.07. The van der Waals surface area contributed by atoms with Crippen molar-refractivity contribution in [2.75, 3.05) is 0 Å². The molecule has 129 heavy (non-hydrogen) atoms. The van der Waals surface area contributed by atoms with E-state index in [4.69, 9.17) is 22.1 Å². The van der Waals surface area contributed by atoms with Crippen LogP contribution in [0.3, 0.4) is 0 Å². The van der Waals surface area contributed by atoms with Crippen LogP contribution in [0.4, 0.5) is 0 Å². The van der Waals surface area contributed by atoms with Gasteiger partial charge in [-0.2, -0.15) is 0 Å². The minimum atomic E-state index is 0.957. The first-order valence-electron chi connectivity index (χ1n) is 45.5. The van der Waals surface area contributed by atoms with Gasteiger partial charge in [0.05, 0.1) is 0 Å². The first-order chi connectivity index (χ1) is 63.8. The van der Waals surface area contributed by atoms with Crippen molar-refractivity contribution in [1.82, 2.24) is 0 Å². The van der Waals surface area contributed by atoms with Crippen molar-refractivity contribution in [3.8, 4) is 0 Å². The number of furan rings is 5. The van der Waals surface area contributed by atoms with Crippen LogP contribution in [0, 0.1) is 13.8 Å². The summed E-state index contributed by atoms with van der Waals surface area (Å²) in [6.07, 6.45) is 0. The van der Waals surface area contributed by atoms with Crippen LogP contribution in [0.2, 0.25) is 0 Å². The second kappa shape index (κ2) is 40.6. The molecule has 5 aromatic heterocycles. The van der Waals surface area contributed by atoms with Crippen molar-refractivity contribution < 1.29 is 22.1 Å². The minimum Gasteiger partial charge on any atom is -0.456 e. The Bertz CT molecular complexity index is 7820. The molecule has 5 nitrogen and oxygen atoms in total. The Morgan fingerprint density at radius 3 is 0.488 bits per heavy atom. The monoisotopic (exact) mass is 1670 g/mol. The lowest BCUT2D eigenvalue weighted by Gasteiger charge is -2.01. The second-order valence-corrected chi connectivity index (χ2v) is 30.6. The van der Waals surface area contributed by atoms with Crippen LogP contribution in [-0.2, 0) is 0 Å². The summed E-state index contributed by atoms with van der Waals surface area (Å²) in [6.45, 7) is 24.2. The van der Waals surface area contributed by atoms with Crippen molar-refractivity contribution in [3.05, 3.63) is 436 Å².